The number of hydrogen-bond acceptors (Lipinski definition) is 3. The SMILES string of the molecule is NCCCc1ncc(-c2ccc(F)c(C(F)(F)F)c2)o1. The Bertz CT molecular complexity index is 592. The minimum Gasteiger partial charge on any atom is -0.441 e. The van der Waals surface area contributed by atoms with Crippen LogP contribution in [-0.4, -0.2) is 11.5 Å². The lowest BCUT2D eigenvalue weighted by Crippen LogP contribution is -2.08. The molecule has 0 aliphatic carbocycles. The molecule has 20 heavy (non-hydrogen) atoms. The van der Waals surface area contributed by atoms with Gasteiger partial charge in [0, 0.05) is 12.0 Å². The summed E-state index contributed by atoms with van der Waals surface area (Å²) in [6.45, 7) is 0.465. The normalized spacial score (nSPS) is 11.8. The van der Waals surface area contributed by atoms with Crippen molar-refractivity contribution in [3.8, 4) is 11.3 Å². The highest BCUT2D eigenvalue weighted by Crippen LogP contribution is 2.34. The van der Waals surface area contributed by atoms with Crippen molar-refractivity contribution in [2.75, 3.05) is 6.54 Å². The third-order valence-corrected chi connectivity index (χ3v) is 2.70. The first kappa shape index (κ1) is 14.5. The summed E-state index contributed by atoms with van der Waals surface area (Å²) in [5.74, 6) is -0.755. The third kappa shape index (κ3) is 3.16. The molecule has 0 aliphatic rings. The van der Waals surface area contributed by atoms with Crippen molar-refractivity contribution in [3.63, 3.8) is 0 Å². The minimum atomic E-state index is -4.75. The second-order valence-corrected chi connectivity index (χ2v) is 4.20. The van der Waals surface area contributed by atoms with Crippen molar-refractivity contribution >= 4 is 0 Å². The van der Waals surface area contributed by atoms with Crippen molar-refractivity contribution in [2.24, 2.45) is 5.73 Å². The molecule has 0 fully saturated rings. The van der Waals surface area contributed by atoms with Gasteiger partial charge in [0.1, 0.15) is 5.82 Å². The van der Waals surface area contributed by atoms with Gasteiger partial charge >= 0.3 is 6.18 Å². The number of alkyl halides is 3. The maximum absolute atomic E-state index is 13.2. The molecule has 0 bridgehead atoms. The van der Waals surface area contributed by atoms with E-state index < -0.39 is 17.6 Å². The molecule has 2 aromatic rings. The molecule has 1 heterocycles. The molecular weight excluding hydrogens is 276 g/mol. The number of rotatable bonds is 4. The molecule has 0 amide bonds. The van der Waals surface area contributed by atoms with E-state index in [2.05, 4.69) is 4.98 Å². The smallest absolute Gasteiger partial charge is 0.419 e. The highest BCUT2D eigenvalue weighted by atomic mass is 19.4. The summed E-state index contributed by atoms with van der Waals surface area (Å²) in [6.07, 6.45) is -2.26. The summed E-state index contributed by atoms with van der Waals surface area (Å²) >= 11 is 0. The zero-order valence-electron chi connectivity index (χ0n) is 10.4. The fraction of sp³-hybridized carbons (Fsp3) is 0.308. The van der Waals surface area contributed by atoms with Gasteiger partial charge < -0.3 is 10.2 Å². The van der Waals surface area contributed by atoms with Crippen LogP contribution in [0.1, 0.15) is 17.9 Å². The number of oxazole rings is 1. The van der Waals surface area contributed by atoms with Crippen LogP contribution in [0.4, 0.5) is 17.6 Å². The Kier molecular flexibility index (Phi) is 4.08. The molecule has 0 spiro atoms. The number of halogens is 4. The van der Waals surface area contributed by atoms with E-state index in [-0.39, 0.29) is 11.3 Å². The molecule has 2 N–H and O–H groups in total. The van der Waals surface area contributed by atoms with E-state index in [1.807, 2.05) is 0 Å². The Labute approximate surface area is 112 Å². The molecule has 0 aliphatic heterocycles. The molecule has 0 saturated carbocycles. The number of aryl methyl sites for hydroxylation is 1. The van der Waals surface area contributed by atoms with Crippen LogP contribution in [0.5, 0.6) is 0 Å². The van der Waals surface area contributed by atoms with Crippen LogP contribution in [0.15, 0.2) is 28.8 Å². The molecule has 0 radical (unpaired) electrons. The second-order valence-electron chi connectivity index (χ2n) is 4.20. The van der Waals surface area contributed by atoms with Crippen LogP contribution in [-0.2, 0) is 12.6 Å². The molecule has 0 saturated heterocycles. The van der Waals surface area contributed by atoms with Crippen LogP contribution >= 0.6 is 0 Å². The minimum absolute atomic E-state index is 0.130. The molecule has 0 atom stereocenters. The summed E-state index contributed by atoms with van der Waals surface area (Å²) in [5.41, 5.74) is 4.15. The Morgan fingerprint density at radius 1 is 1.25 bits per heavy atom. The van der Waals surface area contributed by atoms with Crippen LogP contribution < -0.4 is 5.73 Å². The highest BCUT2D eigenvalue weighted by molar-refractivity contribution is 5.58. The molecule has 108 valence electrons. The quantitative estimate of drug-likeness (QED) is 0.877. The van der Waals surface area contributed by atoms with Crippen molar-refractivity contribution in [1.82, 2.24) is 4.98 Å². The molecule has 0 unspecified atom stereocenters. The van der Waals surface area contributed by atoms with Crippen molar-refractivity contribution in [1.29, 1.82) is 0 Å². The number of nitrogens with zero attached hydrogens (tertiary/aromatic N) is 1. The van der Waals surface area contributed by atoms with Crippen LogP contribution in [0.3, 0.4) is 0 Å². The summed E-state index contributed by atoms with van der Waals surface area (Å²) in [5, 5.41) is 0. The van der Waals surface area contributed by atoms with Crippen LogP contribution in [0.25, 0.3) is 11.3 Å². The number of benzene rings is 1. The van der Waals surface area contributed by atoms with Gasteiger partial charge in [-0.15, -0.1) is 0 Å². The highest BCUT2D eigenvalue weighted by Gasteiger charge is 2.34. The lowest BCUT2D eigenvalue weighted by molar-refractivity contribution is -0.139. The van der Waals surface area contributed by atoms with Crippen LogP contribution in [0, 0.1) is 5.82 Å². The average molecular weight is 288 g/mol. The number of aromatic nitrogens is 1. The van der Waals surface area contributed by atoms with Crippen molar-refractivity contribution in [3.05, 3.63) is 41.7 Å². The van der Waals surface area contributed by atoms with E-state index in [0.29, 0.717) is 31.3 Å². The van der Waals surface area contributed by atoms with Gasteiger partial charge in [-0.25, -0.2) is 9.37 Å². The monoisotopic (exact) mass is 288 g/mol. The predicted octanol–water partition coefficient (Wildman–Crippen LogP) is 3.39. The number of hydrogen-bond donors (Lipinski definition) is 1. The fourth-order valence-corrected chi connectivity index (χ4v) is 1.71. The van der Waals surface area contributed by atoms with Gasteiger partial charge in [-0.2, -0.15) is 13.2 Å². The van der Waals surface area contributed by atoms with Crippen molar-refractivity contribution < 1.29 is 22.0 Å². The Hall–Kier alpha value is -1.89. The first-order valence-electron chi connectivity index (χ1n) is 5.93. The topological polar surface area (TPSA) is 52.0 Å². The van der Waals surface area contributed by atoms with E-state index >= 15 is 0 Å². The van der Waals surface area contributed by atoms with Crippen LogP contribution in [0.2, 0.25) is 0 Å². The summed E-state index contributed by atoms with van der Waals surface area (Å²) < 4.78 is 56.3. The largest absolute Gasteiger partial charge is 0.441 e. The zero-order chi connectivity index (χ0) is 14.8. The predicted molar refractivity (Wildman–Crippen MR) is 64.3 cm³/mol. The fourth-order valence-electron chi connectivity index (χ4n) is 1.71. The lowest BCUT2D eigenvalue weighted by atomic mass is 10.1. The zero-order valence-corrected chi connectivity index (χ0v) is 10.4. The molecule has 7 heteroatoms. The van der Waals surface area contributed by atoms with Gasteiger partial charge in [-0.3, -0.25) is 0 Å². The standard InChI is InChI=1S/C13H12F4N2O/c14-10-4-3-8(6-9(10)13(15,16)17)11-7-19-12(20-11)2-1-5-18/h3-4,6-7H,1-2,5,18H2. The lowest BCUT2D eigenvalue weighted by Gasteiger charge is -2.08. The van der Waals surface area contributed by atoms with Gasteiger partial charge in [0.2, 0.25) is 0 Å². The summed E-state index contributed by atoms with van der Waals surface area (Å²) in [6, 6.07) is 2.70. The first-order chi connectivity index (χ1) is 9.41. The number of nitrogens with two attached hydrogens (primary N) is 1. The molecule has 1 aromatic heterocycles. The Morgan fingerprint density at radius 2 is 2.00 bits per heavy atom. The molecule has 2 rings (SSSR count). The van der Waals surface area contributed by atoms with Gasteiger partial charge in [0.05, 0.1) is 11.8 Å². The summed E-state index contributed by atoms with van der Waals surface area (Å²) in [7, 11) is 0. The van der Waals surface area contributed by atoms with Gasteiger partial charge in [0.25, 0.3) is 0 Å². The van der Waals surface area contributed by atoms with Gasteiger partial charge in [-0.05, 0) is 31.2 Å². The van der Waals surface area contributed by atoms with Crippen molar-refractivity contribution in [2.45, 2.75) is 19.0 Å². The second kappa shape index (κ2) is 5.62. The maximum Gasteiger partial charge on any atom is 0.419 e. The first-order valence-corrected chi connectivity index (χ1v) is 5.93. The van der Waals surface area contributed by atoms with E-state index in [1.54, 1.807) is 0 Å². The molecule has 3 nitrogen and oxygen atoms in total. The van der Waals surface area contributed by atoms with E-state index in [9.17, 15) is 17.6 Å². The van der Waals surface area contributed by atoms with E-state index in [1.165, 1.54) is 12.3 Å². The third-order valence-electron chi connectivity index (χ3n) is 2.70. The van der Waals surface area contributed by atoms with E-state index in [4.69, 9.17) is 10.2 Å². The average Bonchev–Trinajstić information content (AvgIpc) is 2.84. The van der Waals surface area contributed by atoms with E-state index in [0.717, 1.165) is 6.07 Å². The molecular formula is C13H12F4N2O. The van der Waals surface area contributed by atoms with Gasteiger partial charge in [-0.1, -0.05) is 0 Å². The molecule has 1 aromatic carbocycles. The summed E-state index contributed by atoms with van der Waals surface area (Å²) in [4.78, 5) is 3.95. The maximum atomic E-state index is 13.2. The van der Waals surface area contributed by atoms with Gasteiger partial charge in [0.15, 0.2) is 11.7 Å². The Balaban J connectivity index is 2.31. The Morgan fingerprint density at radius 3 is 2.65 bits per heavy atom.